The van der Waals surface area contributed by atoms with E-state index in [9.17, 15) is 9.59 Å². The summed E-state index contributed by atoms with van der Waals surface area (Å²) in [4.78, 5) is 33.1. The number of rotatable bonds is 3. The van der Waals surface area contributed by atoms with Crippen molar-refractivity contribution in [2.45, 2.75) is 25.9 Å². The molecule has 0 saturated carbocycles. The summed E-state index contributed by atoms with van der Waals surface area (Å²) in [5, 5.41) is 9.12. The molecular formula is C13H16ClN3O4. The minimum Gasteiger partial charge on any atom is -0.479 e. The molecule has 2 rings (SSSR count). The van der Waals surface area contributed by atoms with E-state index in [2.05, 4.69) is 9.97 Å². The van der Waals surface area contributed by atoms with Crippen molar-refractivity contribution in [2.24, 2.45) is 0 Å². The van der Waals surface area contributed by atoms with Crippen molar-refractivity contribution in [1.29, 1.82) is 0 Å². The lowest BCUT2D eigenvalue weighted by Gasteiger charge is -2.30. The van der Waals surface area contributed by atoms with Gasteiger partial charge in [-0.2, -0.15) is 0 Å². The van der Waals surface area contributed by atoms with Crippen molar-refractivity contribution in [3.8, 4) is 0 Å². The van der Waals surface area contributed by atoms with E-state index in [1.54, 1.807) is 0 Å². The molecule has 2 heterocycles. The molecular weight excluding hydrogens is 298 g/mol. The first-order valence-corrected chi connectivity index (χ1v) is 6.94. The van der Waals surface area contributed by atoms with E-state index in [-0.39, 0.29) is 29.8 Å². The molecule has 1 aliphatic rings. The van der Waals surface area contributed by atoms with E-state index in [1.165, 1.54) is 11.1 Å². The van der Waals surface area contributed by atoms with Crippen molar-refractivity contribution in [3.63, 3.8) is 0 Å². The Morgan fingerprint density at radius 3 is 2.86 bits per heavy atom. The van der Waals surface area contributed by atoms with E-state index >= 15 is 0 Å². The van der Waals surface area contributed by atoms with Gasteiger partial charge in [0.2, 0.25) is 0 Å². The Balaban J connectivity index is 2.23. The average Bonchev–Trinajstić information content (AvgIpc) is 2.47. The molecule has 0 aromatic carbocycles. The zero-order valence-electron chi connectivity index (χ0n) is 11.7. The van der Waals surface area contributed by atoms with Crippen LogP contribution in [0.15, 0.2) is 6.20 Å². The molecule has 0 spiro atoms. The standard InChI is InChI=1S/C13H16ClN3O4/c1-7(2)11-15-5-8(14)10(16-11)12(18)17-3-4-21-9(6-17)13(19)20/h5,7,9H,3-4,6H2,1-2H3,(H,19,20). The van der Waals surface area contributed by atoms with Crippen LogP contribution in [0.5, 0.6) is 0 Å². The highest BCUT2D eigenvalue weighted by atomic mass is 35.5. The van der Waals surface area contributed by atoms with E-state index in [1.807, 2.05) is 13.8 Å². The number of nitrogens with zero attached hydrogens (tertiary/aromatic N) is 3. The first-order chi connectivity index (χ1) is 9.90. The number of hydrogen-bond donors (Lipinski definition) is 1. The maximum atomic E-state index is 12.5. The minimum absolute atomic E-state index is 0.0223. The molecule has 114 valence electrons. The fourth-order valence-corrected chi connectivity index (χ4v) is 2.11. The summed E-state index contributed by atoms with van der Waals surface area (Å²) in [7, 11) is 0. The Morgan fingerprint density at radius 1 is 1.52 bits per heavy atom. The van der Waals surface area contributed by atoms with Crippen LogP contribution in [-0.4, -0.2) is 57.7 Å². The van der Waals surface area contributed by atoms with Crippen LogP contribution >= 0.6 is 11.6 Å². The van der Waals surface area contributed by atoms with Crippen LogP contribution in [-0.2, 0) is 9.53 Å². The summed E-state index contributed by atoms with van der Waals surface area (Å²) in [5.41, 5.74) is 0.0985. The van der Waals surface area contributed by atoms with Crippen molar-refractivity contribution in [3.05, 3.63) is 22.7 Å². The number of amides is 1. The lowest BCUT2D eigenvalue weighted by Crippen LogP contribution is -2.48. The van der Waals surface area contributed by atoms with Crippen molar-refractivity contribution >= 4 is 23.5 Å². The number of carboxylic acids is 1. The van der Waals surface area contributed by atoms with Crippen LogP contribution in [0.2, 0.25) is 5.02 Å². The third-order valence-corrected chi connectivity index (χ3v) is 3.39. The highest BCUT2D eigenvalue weighted by Crippen LogP contribution is 2.19. The normalized spacial score (nSPS) is 18.9. The molecule has 1 amide bonds. The molecule has 1 fully saturated rings. The van der Waals surface area contributed by atoms with Crippen LogP contribution < -0.4 is 0 Å². The van der Waals surface area contributed by atoms with E-state index in [0.29, 0.717) is 12.4 Å². The van der Waals surface area contributed by atoms with Crippen LogP contribution in [0.25, 0.3) is 0 Å². The second-order valence-electron chi connectivity index (χ2n) is 5.03. The van der Waals surface area contributed by atoms with Gasteiger partial charge in [-0.05, 0) is 0 Å². The summed E-state index contributed by atoms with van der Waals surface area (Å²) in [5.74, 6) is -0.918. The summed E-state index contributed by atoms with van der Waals surface area (Å²) in [6.07, 6.45) is 0.375. The largest absolute Gasteiger partial charge is 0.479 e. The molecule has 1 saturated heterocycles. The fourth-order valence-electron chi connectivity index (χ4n) is 1.94. The van der Waals surface area contributed by atoms with Crippen LogP contribution in [0, 0.1) is 0 Å². The number of carboxylic acid groups (broad SMARTS) is 1. The van der Waals surface area contributed by atoms with Gasteiger partial charge in [0.05, 0.1) is 24.4 Å². The smallest absolute Gasteiger partial charge is 0.334 e. The van der Waals surface area contributed by atoms with Gasteiger partial charge in [-0.25, -0.2) is 14.8 Å². The first-order valence-electron chi connectivity index (χ1n) is 6.56. The number of ether oxygens (including phenoxy) is 1. The molecule has 7 nitrogen and oxygen atoms in total. The third kappa shape index (κ3) is 3.48. The number of aromatic nitrogens is 2. The summed E-state index contributed by atoms with van der Waals surface area (Å²) < 4.78 is 5.09. The van der Waals surface area contributed by atoms with E-state index < -0.39 is 18.0 Å². The van der Waals surface area contributed by atoms with Crippen LogP contribution in [0.3, 0.4) is 0 Å². The van der Waals surface area contributed by atoms with Gasteiger partial charge >= 0.3 is 5.97 Å². The summed E-state index contributed by atoms with van der Waals surface area (Å²) in [6.45, 7) is 4.27. The molecule has 1 unspecified atom stereocenters. The van der Waals surface area contributed by atoms with Gasteiger partial charge in [0, 0.05) is 12.5 Å². The van der Waals surface area contributed by atoms with Gasteiger partial charge < -0.3 is 14.7 Å². The highest BCUT2D eigenvalue weighted by Gasteiger charge is 2.31. The van der Waals surface area contributed by atoms with E-state index in [4.69, 9.17) is 21.4 Å². The molecule has 1 atom stereocenters. The molecule has 0 aliphatic carbocycles. The Kier molecular flexibility index (Phi) is 4.74. The average molecular weight is 314 g/mol. The maximum Gasteiger partial charge on any atom is 0.334 e. The molecule has 0 bridgehead atoms. The topological polar surface area (TPSA) is 92.6 Å². The molecule has 8 heteroatoms. The Labute approximate surface area is 126 Å². The molecule has 0 radical (unpaired) electrons. The van der Waals surface area contributed by atoms with Gasteiger partial charge in [-0.3, -0.25) is 4.79 Å². The quantitative estimate of drug-likeness (QED) is 0.900. The van der Waals surface area contributed by atoms with Crippen LogP contribution in [0.4, 0.5) is 0 Å². The lowest BCUT2D eigenvalue weighted by atomic mass is 10.2. The molecule has 21 heavy (non-hydrogen) atoms. The maximum absolute atomic E-state index is 12.5. The van der Waals surface area contributed by atoms with Crippen molar-refractivity contribution < 1.29 is 19.4 Å². The first kappa shape index (κ1) is 15.7. The van der Waals surface area contributed by atoms with Gasteiger partial charge in [0.25, 0.3) is 5.91 Å². The zero-order chi connectivity index (χ0) is 15.6. The monoisotopic (exact) mass is 313 g/mol. The van der Waals surface area contributed by atoms with E-state index in [0.717, 1.165) is 0 Å². The van der Waals surface area contributed by atoms with Gasteiger partial charge in [0.15, 0.2) is 11.8 Å². The number of halogens is 1. The molecule has 1 aromatic heterocycles. The Morgan fingerprint density at radius 2 is 2.24 bits per heavy atom. The minimum atomic E-state index is -1.09. The number of carbonyl (C=O) groups is 2. The Bertz CT molecular complexity index is 564. The van der Waals surface area contributed by atoms with Gasteiger partial charge in [-0.15, -0.1) is 0 Å². The number of carbonyl (C=O) groups excluding carboxylic acids is 1. The molecule has 1 N–H and O–H groups in total. The number of aliphatic carboxylic acids is 1. The van der Waals surface area contributed by atoms with Crippen molar-refractivity contribution in [1.82, 2.24) is 14.9 Å². The zero-order valence-corrected chi connectivity index (χ0v) is 12.5. The van der Waals surface area contributed by atoms with Crippen LogP contribution in [0.1, 0.15) is 36.1 Å². The van der Waals surface area contributed by atoms with Gasteiger partial charge in [-0.1, -0.05) is 25.4 Å². The number of hydrogen-bond acceptors (Lipinski definition) is 5. The SMILES string of the molecule is CC(C)c1ncc(Cl)c(C(=O)N2CCOC(C(=O)O)C2)n1. The lowest BCUT2D eigenvalue weighted by molar-refractivity contribution is -0.154. The second-order valence-corrected chi connectivity index (χ2v) is 5.44. The Hall–Kier alpha value is -1.73. The van der Waals surface area contributed by atoms with Crippen molar-refractivity contribution in [2.75, 3.05) is 19.7 Å². The summed E-state index contributed by atoms with van der Waals surface area (Å²) in [6, 6.07) is 0. The number of morpholine rings is 1. The fraction of sp³-hybridized carbons (Fsp3) is 0.538. The summed E-state index contributed by atoms with van der Waals surface area (Å²) >= 11 is 5.99. The third-order valence-electron chi connectivity index (χ3n) is 3.11. The molecule has 1 aromatic rings. The van der Waals surface area contributed by atoms with Gasteiger partial charge in [0.1, 0.15) is 5.82 Å². The highest BCUT2D eigenvalue weighted by molar-refractivity contribution is 6.33. The predicted molar refractivity (Wildman–Crippen MR) is 74.4 cm³/mol. The second kappa shape index (κ2) is 6.36. The predicted octanol–water partition coefficient (Wildman–Crippen LogP) is 1.18. The molecule has 1 aliphatic heterocycles.